The second-order valence-electron chi connectivity index (χ2n) is 6.79. The quantitative estimate of drug-likeness (QED) is 0.486. The second kappa shape index (κ2) is 5.70. The van der Waals surface area contributed by atoms with E-state index in [9.17, 15) is 0 Å². The summed E-state index contributed by atoms with van der Waals surface area (Å²) in [5.41, 5.74) is 1.39. The monoisotopic (exact) mass is 384 g/mol. The SMILES string of the molecule is C=Cc1ccc(OC2(C)CC(CI)C(C)(C)C2C)cc1. The smallest absolute Gasteiger partial charge is 0.120 e. The molecule has 0 bridgehead atoms. The third-order valence-electron chi connectivity index (χ3n) is 5.39. The standard InChI is InChI=1S/C18H25IO/c1-6-14-7-9-16(10-8-14)20-18(5)11-15(12-19)17(3,4)13(18)2/h6-10,13,15H,1,11-12H2,2-5H3. The zero-order valence-corrected chi connectivity index (χ0v) is 15.1. The molecule has 1 aromatic carbocycles. The molecule has 0 spiro atoms. The Morgan fingerprint density at radius 2 is 1.90 bits per heavy atom. The molecule has 1 aromatic rings. The van der Waals surface area contributed by atoms with Crippen molar-refractivity contribution in [3.05, 3.63) is 36.4 Å². The third-order valence-corrected chi connectivity index (χ3v) is 6.45. The van der Waals surface area contributed by atoms with Gasteiger partial charge in [-0.05, 0) is 42.4 Å². The summed E-state index contributed by atoms with van der Waals surface area (Å²) in [6.07, 6.45) is 2.99. The molecule has 2 heteroatoms. The molecule has 20 heavy (non-hydrogen) atoms. The van der Waals surface area contributed by atoms with Gasteiger partial charge in [-0.25, -0.2) is 0 Å². The summed E-state index contributed by atoms with van der Waals surface area (Å²) < 4.78 is 7.60. The molecule has 1 aliphatic rings. The second-order valence-corrected chi connectivity index (χ2v) is 7.67. The number of alkyl halides is 1. The fraction of sp³-hybridized carbons (Fsp3) is 0.556. The summed E-state index contributed by atoms with van der Waals surface area (Å²) in [6.45, 7) is 13.2. The molecule has 1 fully saturated rings. The van der Waals surface area contributed by atoms with Gasteiger partial charge in [-0.3, -0.25) is 0 Å². The minimum Gasteiger partial charge on any atom is -0.487 e. The predicted octanol–water partition coefficient (Wildman–Crippen LogP) is 5.58. The van der Waals surface area contributed by atoms with Crippen molar-refractivity contribution in [2.24, 2.45) is 17.3 Å². The van der Waals surface area contributed by atoms with E-state index in [1.807, 2.05) is 6.08 Å². The van der Waals surface area contributed by atoms with Crippen LogP contribution in [0.1, 0.15) is 39.7 Å². The van der Waals surface area contributed by atoms with E-state index in [2.05, 4.69) is 81.1 Å². The van der Waals surface area contributed by atoms with Crippen LogP contribution in [0.25, 0.3) is 6.08 Å². The van der Waals surface area contributed by atoms with E-state index >= 15 is 0 Å². The van der Waals surface area contributed by atoms with Crippen LogP contribution in [0.15, 0.2) is 30.8 Å². The van der Waals surface area contributed by atoms with Crippen molar-refractivity contribution in [1.29, 1.82) is 0 Å². The van der Waals surface area contributed by atoms with Gasteiger partial charge in [0.25, 0.3) is 0 Å². The molecule has 0 aromatic heterocycles. The fourth-order valence-corrected chi connectivity index (χ4v) is 4.84. The van der Waals surface area contributed by atoms with Gasteiger partial charge >= 0.3 is 0 Å². The molecule has 3 unspecified atom stereocenters. The molecule has 2 rings (SSSR count). The lowest BCUT2D eigenvalue weighted by Crippen LogP contribution is -2.39. The van der Waals surface area contributed by atoms with Crippen molar-refractivity contribution >= 4 is 28.7 Å². The number of hydrogen-bond acceptors (Lipinski definition) is 1. The topological polar surface area (TPSA) is 9.23 Å². The summed E-state index contributed by atoms with van der Waals surface area (Å²) >= 11 is 2.52. The molecule has 1 nitrogen and oxygen atoms in total. The van der Waals surface area contributed by atoms with Gasteiger partial charge in [-0.15, -0.1) is 0 Å². The molecule has 0 amide bonds. The molecule has 0 N–H and O–H groups in total. The zero-order valence-electron chi connectivity index (χ0n) is 12.9. The van der Waals surface area contributed by atoms with E-state index in [0.29, 0.717) is 11.3 Å². The van der Waals surface area contributed by atoms with Crippen LogP contribution in [0.2, 0.25) is 0 Å². The number of rotatable bonds is 4. The first-order valence-electron chi connectivity index (χ1n) is 7.31. The lowest BCUT2D eigenvalue weighted by Gasteiger charge is -2.36. The normalized spacial score (nSPS) is 32.0. The molecule has 110 valence electrons. The molecule has 3 atom stereocenters. The van der Waals surface area contributed by atoms with Gasteiger partial charge in [-0.2, -0.15) is 0 Å². The summed E-state index contributed by atoms with van der Waals surface area (Å²) in [5.74, 6) is 2.22. The number of benzene rings is 1. The van der Waals surface area contributed by atoms with Crippen molar-refractivity contribution in [3.8, 4) is 5.75 Å². The first-order valence-corrected chi connectivity index (χ1v) is 8.83. The highest BCUT2D eigenvalue weighted by atomic mass is 127. The highest BCUT2D eigenvalue weighted by Gasteiger charge is 2.54. The molecule has 0 saturated heterocycles. The maximum Gasteiger partial charge on any atom is 0.120 e. The van der Waals surface area contributed by atoms with E-state index in [1.165, 1.54) is 4.43 Å². The van der Waals surface area contributed by atoms with E-state index in [0.717, 1.165) is 23.7 Å². The largest absolute Gasteiger partial charge is 0.487 e. The van der Waals surface area contributed by atoms with Crippen LogP contribution in [0.5, 0.6) is 5.75 Å². The summed E-state index contributed by atoms with van der Waals surface area (Å²) in [7, 11) is 0. The van der Waals surface area contributed by atoms with Gasteiger partial charge in [0.15, 0.2) is 0 Å². The fourth-order valence-electron chi connectivity index (χ4n) is 3.39. The van der Waals surface area contributed by atoms with Crippen molar-refractivity contribution in [3.63, 3.8) is 0 Å². The molecule has 0 radical (unpaired) electrons. The molecular formula is C18H25IO. The molecule has 1 aliphatic carbocycles. The van der Waals surface area contributed by atoms with Gasteiger partial charge in [0.2, 0.25) is 0 Å². The Kier molecular flexibility index (Phi) is 4.53. The van der Waals surface area contributed by atoms with E-state index < -0.39 is 0 Å². The molecule has 0 aliphatic heterocycles. The first kappa shape index (κ1) is 15.9. The average molecular weight is 384 g/mol. The maximum absolute atomic E-state index is 6.40. The number of halogens is 1. The summed E-state index contributed by atoms with van der Waals surface area (Å²) in [5, 5.41) is 0. The van der Waals surface area contributed by atoms with E-state index in [4.69, 9.17) is 4.74 Å². The molecule has 0 heterocycles. The van der Waals surface area contributed by atoms with Gasteiger partial charge in [0, 0.05) is 10.3 Å². The summed E-state index contributed by atoms with van der Waals surface area (Å²) in [6, 6.07) is 8.23. The van der Waals surface area contributed by atoms with Crippen LogP contribution in [-0.2, 0) is 0 Å². The predicted molar refractivity (Wildman–Crippen MR) is 95.5 cm³/mol. The van der Waals surface area contributed by atoms with Gasteiger partial charge in [0.1, 0.15) is 11.4 Å². The zero-order chi connectivity index (χ0) is 15.0. The van der Waals surface area contributed by atoms with E-state index in [1.54, 1.807) is 0 Å². The van der Waals surface area contributed by atoms with Gasteiger partial charge < -0.3 is 4.74 Å². The Balaban J connectivity index is 2.21. The van der Waals surface area contributed by atoms with E-state index in [-0.39, 0.29) is 5.60 Å². The summed E-state index contributed by atoms with van der Waals surface area (Å²) in [4.78, 5) is 0. The lowest BCUT2D eigenvalue weighted by atomic mass is 9.75. The Morgan fingerprint density at radius 3 is 2.35 bits per heavy atom. The minimum atomic E-state index is -0.0744. The lowest BCUT2D eigenvalue weighted by molar-refractivity contribution is 0.0295. The van der Waals surface area contributed by atoms with Gasteiger partial charge in [0.05, 0.1) is 0 Å². The highest BCUT2D eigenvalue weighted by Crippen LogP contribution is 2.54. The minimum absolute atomic E-state index is 0.0744. The molecule has 1 saturated carbocycles. The van der Waals surface area contributed by atoms with Crippen LogP contribution < -0.4 is 4.74 Å². The van der Waals surface area contributed by atoms with Gasteiger partial charge in [-0.1, -0.05) is 68.1 Å². The average Bonchev–Trinajstić information content (AvgIpc) is 2.60. The van der Waals surface area contributed by atoms with Crippen LogP contribution in [0.3, 0.4) is 0 Å². The number of hydrogen-bond donors (Lipinski definition) is 0. The Morgan fingerprint density at radius 1 is 1.30 bits per heavy atom. The van der Waals surface area contributed by atoms with Crippen LogP contribution in [0, 0.1) is 17.3 Å². The van der Waals surface area contributed by atoms with Crippen molar-refractivity contribution < 1.29 is 4.74 Å². The Labute approximate surface area is 136 Å². The third kappa shape index (κ3) is 2.76. The van der Waals surface area contributed by atoms with Crippen molar-refractivity contribution in [1.82, 2.24) is 0 Å². The van der Waals surface area contributed by atoms with Crippen LogP contribution in [0.4, 0.5) is 0 Å². The maximum atomic E-state index is 6.40. The van der Waals surface area contributed by atoms with Crippen LogP contribution in [-0.4, -0.2) is 10.0 Å². The van der Waals surface area contributed by atoms with Crippen molar-refractivity contribution in [2.75, 3.05) is 4.43 Å². The Hall–Kier alpha value is -0.510. The Bertz CT molecular complexity index is 477. The van der Waals surface area contributed by atoms with Crippen LogP contribution >= 0.6 is 22.6 Å². The molecular weight excluding hydrogens is 359 g/mol. The highest BCUT2D eigenvalue weighted by molar-refractivity contribution is 14.1. The van der Waals surface area contributed by atoms with Crippen molar-refractivity contribution in [2.45, 2.75) is 39.7 Å². The first-order chi connectivity index (χ1) is 9.33. The number of ether oxygens (including phenoxy) is 1.